The third-order valence-electron chi connectivity index (χ3n) is 2.53. The van der Waals surface area contributed by atoms with Crippen LogP contribution in [0.2, 0.25) is 0 Å². The van der Waals surface area contributed by atoms with Gasteiger partial charge in [0.2, 0.25) is 5.91 Å². The molecule has 0 aliphatic heterocycles. The van der Waals surface area contributed by atoms with Crippen LogP contribution in [0.25, 0.3) is 0 Å². The highest BCUT2D eigenvalue weighted by Crippen LogP contribution is 2.09. The fourth-order valence-corrected chi connectivity index (χ4v) is 1.74. The van der Waals surface area contributed by atoms with Crippen molar-refractivity contribution in [2.45, 2.75) is 6.54 Å². The Labute approximate surface area is 110 Å². The number of anilines is 1. The maximum Gasteiger partial charge on any atom is 0.238 e. The zero-order chi connectivity index (χ0) is 13.7. The summed E-state index contributed by atoms with van der Waals surface area (Å²) in [5.74, 6) is 0.224. The third-order valence-corrected chi connectivity index (χ3v) is 2.53. The van der Waals surface area contributed by atoms with Crippen molar-refractivity contribution in [3.8, 4) is 0 Å². The molecular weight excluding hydrogens is 247 g/mol. The molecule has 0 aliphatic rings. The number of furan rings is 1. The predicted molar refractivity (Wildman–Crippen MR) is 70.1 cm³/mol. The van der Waals surface area contributed by atoms with E-state index in [1.165, 1.54) is 12.1 Å². The molecule has 0 saturated carbocycles. The van der Waals surface area contributed by atoms with Crippen molar-refractivity contribution in [1.82, 2.24) is 4.90 Å². The Bertz CT molecular complexity index is 540. The number of carbonyl (C=O) groups excluding carboxylic acids is 1. The molecule has 4 nitrogen and oxygen atoms in total. The number of likely N-dealkylation sites (N-methyl/N-ethyl adjacent to an activating group) is 1. The molecule has 0 spiro atoms. The highest BCUT2D eigenvalue weighted by molar-refractivity contribution is 5.92. The summed E-state index contributed by atoms with van der Waals surface area (Å²) in [5.41, 5.74) is 0.455. The Morgan fingerprint density at radius 3 is 2.89 bits per heavy atom. The third kappa shape index (κ3) is 4.22. The molecule has 2 aromatic rings. The predicted octanol–water partition coefficient (Wildman–Crippen LogP) is 2.49. The van der Waals surface area contributed by atoms with Gasteiger partial charge in [-0.2, -0.15) is 0 Å². The fourth-order valence-electron chi connectivity index (χ4n) is 1.74. The monoisotopic (exact) mass is 262 g/mol. The standard InChI is InChI=1S/C14H15FN2O2/c1-17(9-13-6-3-7-19-13)10-14(18)16-12-5-2-4-11(15)8-12/h2-8H,9-10H2,1H3,(H,16,18). The Kier molecular flexibility index (Phi) is 4.30. The number of benzene rings is 1. The van der Waals surface area contributed by atoms with E-state index >= 15 is 0 Å². The van der Waals surface area contributed by atoms with Crippen LogP contribution < -0.4 is 5.32 Å². The SMILES string of the molecule is CN(CC(=O)Nc1cccc(F)c1)Cc1ccco1. The van der Waals surface area contributed by atoms with Crippen LogP contribution in [0.3, 0.4) is 0 Å². The van der Waals surface area contributed by atoms with Crippen molar-refractivity contribution >= 4 is 11.6 Å². The van der Waals surface area contributed by atoms with E-state index in [9.17, 15) is 9.18 Å². The van der Waals surface area contributed by atoms with E-state index in [2.05, 4.69) is 5.32 Å². The summed E-state index contributed by atoms with van der Waals surface area (Å²) in [7, 11) is 1.81. The number of hydrogen-bond acceptors (Lipinski definition) is 3. The molecule has 0 fully saturated rings. The quantitative estimate of drug-likeness (QED) is 0.900. The maximum absolute atomic E-state index is 13.0. The van der Waals surface area contributed by atoms with Crippen LogP contribution in [0.4, 0.5) is 10.1 Å². The van der Waals surface area contributed by atoms with Crippen molar-refractivity contribution < 1.29 is 13.6 Å². The first-order chi connectivity index (χ1) is 9.13. The Hall–Kier alpha value is -2.14. The average Bonchev–Trinajstić information content (AvgIpc) is 2.81. The highest BCUT2D eigenvalue weighted by atomic mass is 19.1. The van der Waals surface area contributed by atoms with Gasteiger partial charge in [-0.25, -0.2) is 4.39 Å². The van der Waals surface area contributed by atoms with Gasteiger partial charge in [0.15, 0.2) is 0 Å². The molecule has 1 aromatic heterocycles. The highest BCUT2D eigenvalue weighted by Gasteiger charge is 2.09. The molecule has 1 aromatic carbocycles. The first kappa shape index (κ1) is 13.3. The molecule has 19 heavy (non-hydrogen) atoms. The summed E-state index contributed by atoms with van der Waals surface area (Å²) >= 11 is 0. The van der Waals surface area contributed by atoms with E-state index in [0.29, 0.717) is 12.2 Å². The van der Waals surface area contributed by atoms with Gasteiger partial charge >= 0.3 is 0 Å². The van der Waals surface area contributed by atoms with Crippen molar-refractivity contribution in [3.05, 3.63) is 54.2 Å². The summed E-state index contributed by atoms with van der Waals surface area (Å²) < 4.78 is 18.2. The molecule has 0 atom stereocenters. The molecule has 1 N–H and O–H groups in total. The number of nitrogens with zero attached hydrogens (tertiary/aromatic N) is 1. The van der Waals surface area contributed by atoms with Crippen LogP contribution >= 0.6 is 0 Å². The van der Waals surface area contributed by atoms with Gasteiger partial charge in [-0.05, 0) is 37.4 Å². The van der Waals surface area contributed by atoms with Gasteiger partial charge in [-0.3, -0.25) is 9.69 Å². The normalized spacial score (nSPS) is 10.7. The summed E-state index contributed by atoms with van der Waals surface area (Å²) in [6.07, 6.45) is 1.59. The van der Waals surface area contributed by atoms with E-state index in [4.69, 9.17) is 4.42 Å². The molecule has 0 saturated heterocycles. The Morgan fingerprint density at radius 1 is 1.37 bits per heavy atom. The van der Waals surface area contributed by atoms with Gasteiger partial charge in [0.05, 0.1) is 19.4 Å². The van der Waals surface area contributed by atoms with Crippen LogP contribution in [0, 0.1) is 5.82 Å². The summed E-state index contributed by atoms with van der Waals surface area (Å²) in [6.45, 7) is 0.751. The van der Waals surface area contributed by atoms with Crippen LogP contribution in [-0.2, 0) is 11.3 Å². The molecule has 0 unspecified atom stereocenters. The second-order valence-electron chi connectivity index (χ2n) is 4.31. The molecule has 0 aliphatic carbocycles. The van der Waals surface area contributed by atoms with Crippen LogP contribution in [-0.4, -0.2) is 24.4 Å². The van der Waals surface area contributed by atoms with E-state index in [1.54, 1.807) is 24.5 Å². The largest absolute Gasteiger partial charge is 0.468 e. The van der Waals surface area contributed by atoms with E-state index in [1.807, 2.05) is 18.0 Å². The number of amides is 1. The molecule has 100 valence electrons. The van der Waals surface area contributed by atoms with Gasteiger partial charge in [-0.15, -0.1) is 0 Å². The number of halogens is 1. The average molecular weight is 262 g/mol. The topological polar surface area (TPSA) is 45.5 Å². The number of carbonyl (C=O) groups is 1. The number of rotatable bonds is 5. The lowest BCUT2D eigenvalue weighted by Crippen LogP contribution is -2.29. The number of nitrogens with one attached hydrogen (secondary N) is 1. The van der Waals surface area contributed by atoms with Crippen molar-refractivity contribution in [2.24, 2.45) is 0 Å². The van der Waals surface area contributed by atoms with E-state index in [0.717, 1.165) is 5.76 Å². The fraction of sp³-hybridized carbons (Fsp3) is 0.214. The van der Waals surface area contributed by atoms with E-state index in [-0.39, 0.29) is 18.3 Å². The first-order valence-corrected chi connectivity index (χ1v) is 5.90. The second-order valence-corrected chi connectivity index (χ2v) is 4.31. The zero-order valence-corrected chi connectivity index (χ0v) is 10.6. The molecule has 0 radical (unpaired) electrons. The molecule has 1 amide bonds. The maximum atomic E-state index is 13.0. The lowest BCUT2D eigenvalue weighted by molar-refractivity contribution is -0.117. The van der Waals surface area contributed by atoms with Gasteiger partial charge in [0.25, 0.3) is 0 Å². The Balaban J connectivity index is 1.84. The Morgan fingerprint density at radius 2 is 2.21 bits per heavy atom. The van der Waals surface area contributed by atoms with Crippen molar-refractivity contribution in [1.29, 1.82) is 0 Å². The van der Waals surface area contributed by atoms with Crippen LogP contribution in [0.15, 0.2) is 47.1 Å². The first-order valence-electron chi connectivity index (χ1n) is 5.90. The molecule has 1 heterocycles. The minimum Gasteiger partial charge on any atom is -0.468 e. The van der Waals surface area contributed by atoms with E-state index < -0.39 is 0 Å². The number of hydrogen-bond donors (Lipinski definition) is 1. The summed E-state index contributed by atoms with van der Waals surface area (Å²) in [5, 5.41) is 2.64. The van der Waals surface area contributed by atoms with Crippen molar-refractivity contribution in [2.75, 3.05) is 18.9 Å². The van der Waals surface area contributed by atoms with Crippen LogP contribution in [0.1, 0.15) is 5.76 Å². The molecule has 2 rings (SSSR count). The lowest BCUT2D eigenvalue weighted by atomic mass is 10.3. The lowest BCUT2D eigenvalue weighted by Gasteiger charge is -2.14. The van der Waals surface area contributed by atoms with Crippen molar-refractivity contribution in [3.63, 3.8) is 0 Å². The second kappa shape index (κ2) is 6.15. The van der Waals surface area contributed by atoms with Crippen LogP contribution in [0.5, 0.6) is 0 Å². The van der Waals surface area contributed by atoms with Gasteiger partial charge in [-0.1, -0.05) is 6.07 Å². The minimum absolute atomic E-state index is 0.195. The van der Waals surface area contributed by atoms with Gasteiger partial charge in [0, 0.05) is 5.69 Å². The van der Waals surface area contributed by atoms with Gasteiger partial charge in [0.1, 0.15) is 11.6 Å². The molecule has 0 bridgehead atoms. The smallest absolute Gasteiger partial charge is 0.238 e. The molecule has 5 heteroatoms. The summed E-state index contributed by atoms with van der Waals surface area (Å²) in [6, 6.07) is 9.46. The van der Waals surface area contributed by atoms with Gasteiger partial charge < -0.3 is 9.73 Å². The minimum atomic E-state index is -0.373. The summed E-state index contributed by atoms with van der Waals surface area (Å²) in [4.78, 5) is 13.6. The zero-order valence-electron chi connectivity index (χ0n) is 10.6. The molecular formula is C14H15FN2O2.